The molecule has 174 valence electrons. The van der Waals surface area contributed by atoms with Crippen molar-refractivity contribution >= 4 is 16.6 Å². The summed E-state index contributed by atoms with van der Waals surface area (Å²) in [5.41, 5.74) is 11.8. The van der Waals surface area contributed by atoms with Crippen LogP contribution in [0, 0.1) is 12.8 Å². The molecule has 4 atom stereocenters. The van der Waals surface area contributed by atoms with E-state index in [1.807, 2.05) is 12.1 Å². The molecule has 2 bridgehead atoms. The van der Waals surface area contributed by atoms with Crippen molar-refractivity contribution in [3.63, 3.8) is 0 Å². The standard InChI is InChI=1S/C28H29N3O3/c1-14-2-6-19-17(10-14)23(29)18-12-28(33)21-11-16-5-7-20(32)25-22(16)27(28,26(34-25)24(18)30-19)8-9-31(21)13-15-3-4-15/h2,5-7,10,15,21,26,32-33H,3-4,8-9,11-13H2,1H3,(H2,29,30)/t21-,26+,27+,28-/m1/s1. The lowest BCUT2D eigenvalue weighted by molar-refractivity contribution is -0.173. The van der Waals surface area contributed by atoms with Crippen LogP contribution in [0.3, 0.4) is 0 Å². The first kappa shape index (κ1) is 19.5. The molecule has 2 aromatic carbocycles. The van der Waals surface area contributed by atoms with Crippen LogP contribution in [0.2, 0.25) is 0 Å². The monoisotopic (exact) mass is 455 g/mol. The Morgan fingerprint density at radius 1 is 1.24 bits per heavy atom. The fourth-order valence-corrected chi connectivity index (χ4v) is 7.79. The van der Waals surface area contributed by atoms with E-state index in [1.54, 1.807) is 6.07 Å². The maximum Gasteiger partial charge on any atom is 0.166 e. The van der Waals surface area contributed by atoms with Gasteiger partial charge in [-0.2, -0.15) is 0 Å². The molecule has 8 rings (SSSR count). The van der Waals surface area contributed by atoms with Gasteiger partial charge in [0.2, 0.25) is 0 Å². The molecule has 1 saturated carbocycles. The molecule has 2 fully saturated rings. The van der Waals surface area contributed by atoms with Crippen molar-refractivity contribution in [2.45, 2.75) is 62.2 Å². The van der Waals surface area contributed by atoms with Gasteiger partial charge in [-0.3, -0.25) is 4.90 Å². The van der Waals surface area contributed by atoms with E-state index in [1.165, 1.54) is 18.4 Å². The number of phenols is 1. The number of piperidine rings is 1. The summed E-state index contributed by atoms with van der Waals surface area (Å²) in [7, 11) is 0. The van der Waals surface area contributed by atoms with Crippen molar-refractivity contribution in [1.29, 1.82) is 0 Å². The first-order chi connectivity index (χ1) is 16.4. The number of likely N-dealkylation sites (tertiary alicyclic amines) is 1. The first-order valence-electron chi connectivity index (χ1n) is 12.6. The maximum absolute atomic E-state index is 12.8. The van der Waals surface area contributed by atoms with Crippen LogP contribution in [-0.4, -0.2) is 44.8 Å². The number of hydrogen-bond donors (Lipinski definition) is 3. The third-order valence-corrected chi connectivity index (χ3v) is 9.53. The molecule has 3 heterocycles. The van der Waals surface area contributed by atoms with E-state index in [2.05, 4.69) is 24.0 Å². The van der Waals surface area contributed by atoms with E-state index in [0.29, 0.717) is 17.9 Å². The Hall–Kier alpha value is -2.83. The maximum atomic E-state index is 12.8. The van der Waals surface area contributed by atoms with Crippen LogP contribution in [0.5, 0.6) is 11.5 Å². The highest BCUT2D eigenvalue weighted by Crippen LogP contribution is 2.69. The quantitative estimate of drug-likeness (QED) is 0.548. The Labute approximate surface area is 198 Å². The van der Waals surface area contributed by atoms with E-state index in [0.717, 1.165) is 65.1 Å². The van der Waals surface area contributed by atoms with Crippen LogP contribution in [0.15, 0.2) is 30.3 Å². The Balaban J connectivity index is 1.42. The van der Waals surface area contributed by atoms with Gasteiger partial charge < -0.3 is 20.7 Å². The van der Waals surface area contributed by atoms with E-state index in [4.69, 9.17) is 15.5 Å². The number of nitrogen functional groups attached to an aromatic ring is 1. The van der Waals surface area contributed by atoms with Gasteiger partial charge in [0, 0.05) is 41.2 Å². The number of hydrogen-bond acceptors (Lipinski definition) is 6. The predicted molar refractivity (Wildman–Crippen MR) is 129 cm³/mol. The van der Waals surface area contributed by atoms with Gasteiger partial charge in [0.05, 0.1) is 22.2 Å². The van der Waals surface area contributed by atoms with E-state index in [-0.39, 0.29) is 11.8 Å². The van der Waals surface area contributed by atoms with Gasteiger partial charge in [0.15, 0.2) is 17.6 Å². The minimum absolute atomic E-state index is 0.00306. The number of benzene rings is 2. The van der Waals surface area contributed by atoms with Crippen molar-refractivity contribution in [3.8, 4) is 11.5 Å². The highest BCUT2D eigenvalue weighted by Gasteiger charge is 2.73. The molecule has 0 radical (unpaired) electrons. The molecule has 6 heteroatoms. The predicted octanol–water partition coefficient (Wildman–Crippen LogP) is 3.53. The number of aromatic hydroxyl groups is 1. The summed E-state index contributed by atoms with van der Waals surface area (Å²) in [6.45, 7) is 4.03. The largest absolute Gasteiger partial charge is 0.504 e. The van der Waals surface area contributed by atoms with Gasteiger partial charge in [0.1, 0.15) is 0 Å². The van der Waals surface area contributed by atoms with Crippen LogP contribution in [0.1, 0.15) is 53.3 Å². The van der Waals surface area contributed by atoms with Gasteiger partial charge in [-0.05, 0) is 68.8 Å². The number of fused-ring (bicyclic) bond motifs is 3. The lowest BCUT2D eigenvalue weighted by Crippen LogP contribution is -2.74. The Kier molecular flexibility index (Phi) is 3.46. The molecular weight excluding hydrogens is 426 g/mol. The average Bonchev–Trinajstić information content (AvgIpc) is 3.55. The number of aliphatic hydroxyl groups is 1. The number of anilines is 1. The second-order valence-corrected chi connectivity index (χ2v) is 11.3. The molecule has 4 N–H and O–H groups in total. The fraction of sp³-hybridized carbons (Fsp3) is 0.464. The van der Waals surface area contributed by atoms with Crippen LogP contribution in [-0.2, 0) is 18.3 Å². The zero-order chi connectivity index (χ0) is 23.0. The summed E-state index contributed by atoms with van der Waals surface area (Å²) < 4.78 is 6.61. The van der Waals surface area contributed by atoms with Crippen LogP contribution < -0.4 is 10.5 Å². The van der Waals surface area contributed by atoms with E-state index in [9.17, 15) is 10.2 Å². The number of nitrogens with zero attached hydrogens (tertiary/aromatic N) is 2. The molecule has 1 spiro atoms. The van der Waals surface area contributed by atoms with Crippen molar-refractivity contribution in [1.82, 2.24) is 9.88 Å². The molecule has 2 aliphatic heterocycles. The zero-order valence-corrected chi connectivity index (χ0v) is 19.3. The second kappa shape index (κ2) is 6.04. The van der Waals surface area contributed by atoms with Gasteiger partial charge in [-0.15, -0.1) is 0 Å². The molecule has 0 unspecified atom stereocenters. The Morgan fingerprint density at radius 2 is 2.09 bits per heavy atom. The van der Waals surface area contributed by atoms with Gasteiger partial charge in [0.25, 0.3) is 0 Å². The molecule has 1 aromatic heterocycles. The van der Waals surface area contributed by atoms with Crippen LogP contribution in [0.4, 0.5) is 5.69 Å². The SMILES string of the molecule is Cc1ccc2nc3c(c(N)c2c1)C[C@@]1(O)[C@H]2Cc4ccc(O)c5c4[C@@]1(CCN2CC1CC1)[C@H]3O5. The van der Waals surface area contributed by atoms with Gasteiger partial charge in [-0.25, -0.2) is 4.98 Å². The lowest BCUT2D eigenvalue weighted by Gasteiger charge is -2.63. The number of pyridine rings is 1. The highest BCUT2D eigenvalue weighted by atomic mass is 16.5. The average molecular weight is 456 g/mol. The molecule has 34 heavy (non-hydrogen) atoms. The number of aromatic nitrogens is 1. The molecular formula is C28H29N3O3. The van der Waals surface area contributed by atoms with Crippen molar-refractivity contribution in [3.05, 3.63) is 58.3 Å². The summed E-state index contributed by atoms with van der Waals surface area (Å²) in [6.07, 6.45) is 4.14. The van der Waals surface area contributed by atoms with Crippen molar-refractivity contribution < 1.29 is 14.9 Å². The fourth-order valence-electron chi connectivity index (χ4n) is 7.79. The number of phenolic OH excluding ortho intramolecular Hbond substituents is 1. The minimum Gasteiger partial charge on any atom is -0.504 e. The normalized spacial score (nSPS) is 32.9. The summed E-state index contributed by atoms with van der Waals surface area (Å²) in [5, 5.41) is 24.6. The van der Waals surface area contributed by atoms with Crippen LogP contribution in [0.25, 0.3) is 10.9 Å². The lowest BCUT2D eigenvalue weighted by atomic mass is 9.48. The summed E-state index contributed by atoms with van der Waals surface area (Å²) >= 11 is 0. The topological polar surface area (TPSA) is 91.8 Å². The molecule has 1 saturated heterocycles. The first-order valence-corrected chi connectivity index (χ1v) is 12.6. The molecule has 0 amide bonds. The van der Waals surface area contributed by atoms with E-state index < -0.39 is 17.1 Å². The number of nitrogens with two attached hydrogens (primary N) is 1. The van der Waals surface area contributed by atoms with Crippen LogP contribution >= 0.6 is 0 Å². The van der Waals surface area contributed by atoms with Gasteiger partial charge in [-0.1, -0.05) is 17.7 Å². The number of rotatable bonds is 2. The molecule has 3 aromatic rings. The smallest absolute Gasteiger partial charge is 0.166 e. The van der Waals surface area contributed by atoms with Crippen molar-refractivity contribution in [2.24, 2.45) is 5.92 Å². The van der Waals surface area contributed by atoms with E-state index >= 15 is 0 Å². The van der Waals surface area contributed by atoms with Crippen molar-refractivity contribution in [2.75, 3.05) is 18.8 Å². The third kappa shape index (κ3) is 2.13. The number of aryl methyl sites for hydroxylation is 1. The summed E-state index contributed by atoms with van der Waals surface area (Å²) in [4.78, 5) is 7.64. The zero-order valence-electron chi connectivity index (χ0n) is 19.3. The summed E-state index contributed by atoms with van der Waals surface area (Å²) in [5.74, 6) is 1.43. The highest BCUT2D eigenvalue weighted by molar-refractivity contribution is 5.93. The molecule has 3 aliphatic carbocycles. The second-order valence-electron chi connectivity index (χ2n) is 11.3. The Morgan fingerprint density at radius 3 is 2.91 bits per heavy atom. The van der Waals surface area contributed by atoms with Gasteiger partial charge >= 0.3 is 0 Å². The summed E-state index contributed by atoms with van der Waals surface area (Å²) in [6, 6.07) is 9.94. The number of ether oxygens (including phenoxy) is 1. The molecule has 5 aliphatic rings. The third-order valence-electron chi connectivity index (χ3n) is 9.53. The Bertz CT molecular complexity index is 1420. The molecule has 6 nitrogen and oxygen atoms in total. The minimum atomic E-state index is -1.03.